The summed E-state index contributed by atoms with van der Waals surface area (Å²) in [6.45, 7) is 3.51. The maximum absolute atomic E-state index is 9.40. The zero-order chi connectivity index (χ0) is 11.0. The lowest BCUT2D eigenvalue weighted by Crippen LogP contribution is -2.33. The molecule has 0 amide bonds. The van der Waals surface area contributed by atoms with Crippen molar-refractivity contribution in [1.82, 2.24) is 4.90 Å². The first kappa shape index (κ1) is 10.2. The second-order valence-electron chi connectivity index (χ2n) is 3.80. The molecular weight excluding hydrogens is 210 g/mol. The number of phenols is 2. The van der Waals surface area contributed by atoms with Crippen molar-refractivity contribution < 1.29 is 10.2 Å². The number of nitrogens with zero attached hydrogens (tertiary/aromatic N) is 1. The van der Waals surface area contributed by atoms with Crippen LogP contribution in [0.1, 0.15) is 18.1 Å². The van der Waals surface area contributed by atoms with Crippen LogP contribution in [0.15, 0.2) is 12.1 Å². The Morgan fingerprint density at radius 1 is 1.27 bits per heavy atom. The molecule has 0 unspecified atom stereocenters. The molecule has 1 heterocycles. The highest BCUT2D eigenvalue weighted by molar-refractivity contribution is 7.80. The predicted octanol–water partition coefficient (Wildman–Crippen LogP) is 1.80. The molecule has 0 saturated carbocycles. The minimum atomic E-state index is -0.0578. The van der Waals surface area contributed by atoms with Gasteiger partial charge < -0.3 is 15.1 Å². The van der Waals surface area contributed by atoms with Gasteiger partial charge in [0.1, 0.15) is 0 Å². The summed E-state index contributed by atoms with van der Waals surface area (Å²) in [7, 11) is 0. The third-order valence-corrected chi connectivity index (χ3v) is 3.01. The molecule has 2 rings (SSSR count). The van der Waals surface area contributed by atoms with Crippen molar-refractivity contribution in [3.8, 4) is 11.5 Å². The summed E-state index contributed by atoms with van der Waals surface area (Å²) >= 11 is 5.12. The van der Waals surface area contributed by atoms with Crippen molar-refractivity contribution in [3.05, 3.63) is 23.3 Å². The van der Waals surface area contributed by atoms with Gasteiger partial charge in [0.25, 0.3) is 0 Å². The molecule has 3 nitrogen and oxygen atoms in total. The van der Waals surface area contributed by atoms with Gasteiger partial charge in [-0.3, -0.25) is 0 Å². The van der Waals surface area contributed by atoms with Gasteiger partial charge in [-0.1, -0.05) is 12.2 Å². The molecule has 0 bridgehead atoms. The van der Waals surface area contributed by atoms with E-state index in [1.165, 1.54) is 0 Å². The zero-order valence-corrected chi connectivity index (χ0v) is 9.34. The lowest BCUT2D eigenvalue weighted by molar-refractivity contribution is 0.381. The minimum absolute atomic E-state index is 0.0405. The van der Waals surface area contributed by atoms with Crippen LogP contribution in [-0.2, 0) is 13.0 Å². The van der Waals surface area contributed by atoms with E-state index in [4.69, 9.17) is 12.2 Å². The van der Waals surface area contributed by atoms with Crippen LogP contribution in [0.3, 0.4) is 0 Å². The van der Waals surface area contributed by atoms with E-state index in [0.29, 0.717) is 0 Å². The number of rotatable bonds is 0. The van der Waals surface area contributed by atoms with Gasteiger partial charge in [0.2, 0.25) is 0 Å². The number of benzene rings is 1. The molecule has 1 aliphatic rings. The average molecular weight is 223 g/mol. The van der Waals surface area contributed by atoms with Gasteiger partial charge in [0.05, 0.1) is 4.99 Å². The van der Waals surface area contributed by atoms with Crippen LogP contribution in [-0.4, -0.2) is 26.6 Å². The van der Waals surface area contributed by atoms with Gasteiger partial charge >= 0.3 is 0 Å². The van der Waals surface area contributed by atoms with Crippen molar-refractivity contribution in [3.63, 3.8) is 0 Å². The Morgan fingerprint density at radius 3 is 2.47 bits per heavy atom. The van der Waals surface area contributed by atoms with Gasteiger partial charge in [-0.25, -0.2) is 0 Å². The van der Waals surface area contributed by atoms with Crippen LogP contribution < -0.4 is 0 Å². The first-order valence-corrected chi connectivity index (χ1v) is 5.28. The van der Waals surface area contributed by atoms with Gasteiger partial charge in [0, 0.05) is 13.1 Å². The fraction of sp³-hybridized carbons (Fsp3) is 0.364. The summed E-state index contributed by atoms with van der Waals surface area (Å²) in [5.74, 6) is -0.0982. The van der Waals surface area contributed by atoms with E-state index in [-0.39, 0.29) is 11.5 Å². The summed E-state index contributed by atoms with van der Waals surface area (Å²) in [4.78, 5) is 2.96. The quantitative estimate of drug-likeness (QED) is 0.520. The van der Waals surface area contributed by atoms with Crippen molar-refractivity contribution in [1.29, 1.82) is 0 Å². The molecule has 0 atom stereocenters. The molecule has 2 N–H and O–H groups in total. The number of aromatic hydroxyl groups is 2. The topological polar surface area (TPSA) is 43.7 Å². The third-order valence-electron chi connectivity index (χ3n) is 2.75. The zero-order valence-electron chi connectivity index (χ0n) is 8.53. The number of phenolic OH excluding ortho intramolecular Hbond substituents is 2. The number of fused-ring (bicyclic) bond motifs is 1. The molecule has 1 aliphatic heterocycles. The van der Waals surface area contributed by atoms with Crippen molar-refractivity contribution in [2.24, 2.45) is 0 Å². The molecule has 0 aliphatic carbocycles. The first-order valence-electron chi connectivity index (χ1n) is 4.87. The van der Waals surface area contributed by atoms with E-state index in [9.17, 15) is 10.2 Å². The largest absolute Gasteiger partial charge is 0.504 e. The van der Waals surface area contributed by atoms with Crippen LogP contribution in [0.5, 0.6) is 11.5 Å². The van der Waals surface area contributed by atoms with Crippen molar-refractivity contribution >= 4 is 17.2 Å². The van der Waals surface area contributed by atoms with Crippen LogP contribution in [0.4, 0.5) is 0 Å². The molecule has 80 valence electrons. The normalized spacial score (nSPS) is 14.9. The second-order valence-corrected chi connectivity index (χ2v) is 4.39. The Balaban J connectivity index is 2.34. The maximum Gasteiger partial charge on any atom is 0.157 e. The molecule has 4 heteroatoms. The van der Waals surface area contributed by atoms with E-state index in [0.717, 1.165) is 35.6 Å². The maximum atomic E-state index is 9.40. The first-order chi connectivity index (χ1) is 7.08. The second kappa shape index (κ2) is 3.70. The summed E-state index contributed by atoms with van der Waals surface area (Å²) in [5, 5.41) is 18.8. The van der Waals surface area contributed by atoms with Crippen LogP contribution in [0.2, 0.25) is 0 Å². The molecule has 0 saturated heterocycles. The van der Waals surface area contributed by atoms with E-state index >= 15 is 0 Å². The lowest BCUT2D eigenvalue weighted by Gasteiger charge is -2.29. The molecule has 0 fully saturated rings. The van der Waals surface area contributed by atoms with Gasteiger partial charge in [-0.05, 0) is 36.6 Å². The van der Waals surface area contributed by atoms with Crippen LogP contribution in [0.25, 0.3) is 0 Å². The molecule has 0 spiro atoms. The number of thiocarbonyl (C=S) groups is 1. The standard InChI is InChI=1S/C11H13NO2S/c1-7(15)12-3-2-8-4-10(13)11(14)5-9(8)6-12/h4-5,13-14H,2-3,6H2,1H3. The average Bonchev–Trinajstić information content (AvgIpc) is 2.19. The number of hydrogen-bond acceptors (Lipinski definition) is 3. The third kappa shape index (κ3) is 1.90. The molecular formula is C11H13NO2S. The van der Waals surface area contributed by atoms with E-state index < -0.39 is 0 Å². The van der Waals surface area contributed by atoms with Crippen molar-refractivity contribution in [2.45, 2.75) is 19.9 Å². The molecule has 1 aromatic carbocycles. The number of hydrogen-bond donors (Lipinski definition) is 2. The molecule has 0 radical (unpaired) electrons. The predicted molar refractivity (Wildman–Crippen MR) is 62.2 cm³/mol. The summed E-state index contributed by atoms with van der Waals surface area (Å²) in [6, 6.07) is 3.26. The van der Waals surface area contributed by atoms with Crippen molar-refractivity contribution in [2.75, 3.05) is 6.54 Å². The monoisotopic (exact) mass is 223 g/mol. The summed E-state index contributed by atoms with van der Waals surface area (Å²) < 4.78 is 0. The Morgan fingerprint density at radius 2 is 1.87 bits per heavy atom. The Kier molecular flexibility index (Phi) is 2.52. The van der Waals surface area contributed by atoms with Crippen LogP contribution in [0, 0.1) is 0 Å². The Bertz CT molecular complexity index is 417. The highest BCUT2D eigenvalue weighted by Crippen LogP contribution is 2.31. The highest BCUT2D eigenvalue weighted by Gasteiger charge is 2.18. The molecule has 15 heavy (non-hydrogen) atoms. The van der Waals surface area contributed by atoms with E-state index in [2.05, 4.69) is 4.90 Å². The Hall–Kier alpha value is -1.29. The highest BCUT2D eigenvalue weighted by atomic mass is 32.1. The van der Waals surface area contributed by atoms with Gasteiger partial charge in [-0.15, -0.1) is 0 Å². The van der Waals surface area contributed by atoms with E-state index in [1.807, 2.05) is 6.92 Å². The Labute approximate surface area is 94.0 Å². The summed E-state index contributed by atoms with van der Waals surface area (Å²) in [5.41, 5.74) is 2.14. The van der Waals surface area contributed by atoms with Gasteiger partial charge in [-0.2, -0.15) is 0 Å². The fourth-order valence-electron chi connectivity index (χ4n) is 1.85. The minimum Gasteiger partial charge on any atom is -0.504 e. The molecule has 0 aromatic heterocycles. The lowest BCUT2D eigenvalue weighted by atomic mass is 9.99. The smallest absolute Gasteiger partial charge is 0.157 e. The fourth-order valence-corrected chi connectivity index (χ4v) is 2.01. The van der Waals surface area contributed by atoms with Gasteiger partial charge in [0.15, 0.2) is 11.5 Å². The van der Waals surface area contributed by atoms with E-state index in [1.54, 1.807) is 12.1 Å². The summed E-state index contributed by atoms with van der Waals surface area (Å²) in [6.07, 6.45) is 0.858. The molecule has 1 aromatic rings. The van der Waals surface area contributed by atoms with Crippen LogP contribution >= 0.6 is 12.2 Å². The SMILES string of the molecule is CC(=S)N1CCc2cc(O)c(O)cc2C1.